The summed E-state index contributed by atoms with van der Waals surface area (Å²) in [6, 6.07) is 19.9. The van der Waals surface area contributed by atoms with Crippen molar-refractivity contribution in [3.8, 4) is 11.5 Å². The molecule has 0 heterocycles. The lowest BCUT2D eigenvalue weighted by Crippen LogP contribution is -2.02. The summed E-state index contributed by atoms with van der Waals surface area (Å²) in [5.41, 5.74) is -0.162. The Bertz CT molecular complexity index is 982. The number of hydrogen-bond acceptors (Lipinski definition) is 5. The van der Waals surface area contributed by atoms with Gasteiger partial charge in [-0.2, -0.15) is 0 Å². The number of nitro groups is 1. The predicted molar refractivity (Wildman–Crippen MR) is 91.5 cm³/mol. The molecule has 0 saturated carbocycles. The minimum absolute atomic E-state index is 0.00479. The molecule has 7 heteroatoms. The minimum Gasteiger partial charge on any atom is -0.457 e. The Morgan fingerprint density at radius 2 is 1.20 bits per heavy atom. The van der Waals surface area contributed by atoms with Gasteiger partial charge in [-0.15, -0.1) is 0 Å². The third kappa shape index (κ3) is 3.67. The Labute approximate surface area is 144 Å². The van der Waals surface area contributed by atoms with Crippen LogP contribution in [0.1, 0.15) is 0 Å². The van der Waals surface area contributed by atoms with Gasteiger partial charge >= 0.3 is 0 Å². The van der Waals surface area contributed by atoms with Crippen molar-refractivity contribution in [1.82, 2.24) is 0 Å². The van der Waals surface area contributed by atoms with Gasteiger partial charge in [-0.1, -0.05) is 18.2 Å². The van der Waals surface area contributed by atoms with Crippen LogP contribution >= 0.6 is 0 Å². The molecule has 3 aromatic rings. The Kier molecular flexibility index (Phi) is 4.49. The van der Waals surface area contributed by atoms with Gasteiger partial charge in [0.25, 0.3) is 5.69 Å². The van der Waals surface area contributed by atoms with Crippen molar-refractivity contribution in [3.05, 3.63) is 89.0 Å². The zero-order chi connectivity index (χ0) is 17.9. The summed E-state index contributed by atoms with van der Waals surface area (Å²) >= 11 is 0. The second kappa shape index (κ2) is 6.74. The first kappa shape index (κ1) is 16.7. The lowest BCUT2D eigenvalue weighted by Gasteiger charge is -2.08. The van der Waals surface area contributed by atoms with Crippen LogP contribution in [-0.2, 0) is 9.84 Å². The zero-order valence-electron chi connectivity index (χ0n) is 12.9. The van der Waals surface area contributed by atoms with Crippen LogP contribution in [-0.4, -0.2) is 13.3 Å². The standard InChI is InChI=1S/C18H13NO5S/c20-19(21)14-6-10-17(11-7-14)25(22,23)18-12-8-16(9-13-18)24-15-4-2-1-3-5-15/h1-13H. The zero-order valence-corrected chi connectivity index (χ0v) is 13.7. The molecule has 0 fully saturated rings. The van der Waals surface area contributed by atoms with Gasteiger partial charge in [0, 0.05) is 12.1 Å². The van der Waals surface area contributed by atoms with E-state index in [9.17, 15) is 18.5 Å². The van der Waals surface area contributed by atoms with E-state index in [4.69, 9.17) is 4.74 Å². The average molecular weight is 355 g/mol. The van der Waals surface area contributed by atoms with Gasteiger partial charge < -0.3 is 4.74 Å². The Morgan fingerprint density at radius 3 is 1.72 bits per heavy atom. The van der Waals surface area contributed by atoms with Crippen molar-refractivity contribution < 1.29 is 18.1 Å². The Hall–Kier alpha value is -3.19. The third-order valence-electron chi connectivity index (χ3n) is 3.47. The van der Waals surface area contributed by atoms with Gasteiger partial charge in [-0.05, 0) is 48.5 Å². The first-order chi connectivity index (χ1) is 12.0. The predicted octanol–water partition coefficient (Wildman–Crippen LogP) is 4.22. The second-order valence-electron chi connectivity index (χ2n) is 5.14. The van der Waals surface area contributed by atoms with E-state index in [2.05, 4.69) is 0 Å². The van der Waals surface area contributed by atoms with Crippen LogP contribution in [0, 0.1) is 10.1 Å². The number of benzene rings is 3. The fourth-order valence-corrected chi connectivity index (χ4v) is 3.46. The highest BCUT2D eigenvalue weighted by Crippen LogP contribution is 2.26. The molecular formula is C18H13NO5S. The number of ether oxygens (including phenoxy) is 1. The number of sulfone groups is 1. The first-order valence-corrected chi connectivity index (χ1v) is 8.78. The van der Waals surface area contributed by atoms with Gasteiger partial charge in [0.1, 0.15) is 11.5 Å². The summed E-state index contributed by atoms with van der Waals surface area (Å²) in [7, 11) is -3.75. The van der Waals surface area contributed by atoms with Crippen LogP contribution in [0.25, 0.3) is 0 Å². The van der Waals surface area contributed by atoms with E-state index in [1.165, 1.54) is 36.4 Å². The number of nitrogens with zero attached hydrogens (tertiary/aromatic N) is 1. The molecule has 0 saturated heterocycles. The molecule has 126 valence electrons. The summed E-state index contributed by atoms with van der Waals surface area (Å²) in [4.78, 5) is 10.2. The molecule has 0 spiro atoms. The van der Waals surface area contributed by atoms with Gasteiger partial charge in [-0.25, -0.2) is 8.42 Å². The summed E-state index contributed by atoms with van der Waals surface area (Å²) in [5, 5.41) is 10.7. The second-order valence-corrected chi connectivity index (χ2v) is 7.09. The average Bonchev–Trinajstić information content (AvgIpc) is 2.63. The molecule has 0 aromatic heterocycles. The van der Waals surface area contributed by atoms with Crippen molar-refractivity contribution in [1.29, 1.82) is 0 Å². The van der Waals surface area contributed by atoms with Gasteiger partial charge in [0.15, 0.2) is 0 Å². The van der Waals surface area contributed by atoms with Gasteiger partial charge in [-0.3, -0.25) is 10.1 Å². The maximum absolute atomic E-state index is 12.6. The van der Waals surface area contributed by atoms with Crippen LogP contribution in [0.5, 0.6) is 11.5 Å². The number of hydrogen-bond donors (Lipinski definition) is 0. The summed E-state index contributed by atoms with van der Waals surface area (Å²) < 4.78 is 30.8. The molecule has 0 aliphatic heterocycles. The lowest BCUT2D eigenvalue weighted by atomic mass is 10.3. The van der Waals surface area contributed by atoms with Crippen molar-refractivity contribution in [3.63, 3.8) is 0 Å². The van der Waals surface area contributed by atoms with Gasteiger partial charge in [0.2, 0.25) is 9.84 Å². The normalized spacial score (nSPS) is 11.0. The molecule has 0 aliphatic carbocycles. The SMILES string of the molecule is O=[N+]([O-])c1ccc(S(=O)(=O)c2ccc(Oc3ccccc3)cc2)cc1. The highest BCUT2D eigenvalue weighted by molar-refractivity contribution is 7.91. The van der Waals surface area contributed by atoms with E-state index in [-0.39, 0.29) is 15.5 Å². The van der Waals surface area contributed by atoms with Crippen molar-refractivity contribution in [2.24, 2.45) is 0 Å². The van der Waals surface area contributed by atoms with Crippen molar-refractivity contribution >= 4 is 15.5 Å². The lowest BCUT2D eigenvalue weighted by molar-refractivity contribution is -0.384. The molecule has 0 radical (unpaired) electrons. The summed E-state index contributed by atoms with van der Waals surface area (Å²) in [6.45, 7) is 0. The van der Waals surface area contributed by atoms with E-state index in [1.54, 1.807) is 24.3 Å². The summed E-state index contributed by atoms with van der Waals surface area (Å²) in [5.74, 6) is 1.15. The first-order valence-electron chi connectivity index (χ1n) is 7.29. The van der Waals surface area contributed by atoms with Crippen LogP contribution in [0.2, 0.25) is 0 Å². The van der Waals surface area contributed by atoms with Crippen molar-refractivity contribution in [2.45, 2.75) is 9.79 Å². The quantitative estimate of drug-likeness (QED) is 0.505. The topological polar surface area (TPSA) is 86.5 Å². The number of para-hydroxylation sites is 1. The maximum Gasteiger partial charge on any atom is 0.269 e. The molecule has 0 amide bonds. The molecule has 3 aromatic carbocycles. The maximum atomic E-state index is 12.6. The monoisotopic (exact) mass is 355 g/mol. The van der Waals surface area contributed by atoms with Crippen LogP contribution in [0.4, 0.5) is 5.69 Å². The smallest absolute Gasteiger partial charge is 0.269 e. The molecule has 6 nitrogen and oxygen atoms in total. The van der Waals surface area contributed by atoms with Crippen LogP contribution in [0.15, 0.2) is 88.7 Å². The molecule has 0 bridgehead atoms. The van der Waals surface area contributed by atoms with Crippen molar-refractivity contribution in [2.75, 3.05) is 0 Å². The molecular weight excluding hydrogens is 342 g/mol. The molecule has 0 atom stereocenters. The summed E-state index contributed by atoms with van der Waals surface area (Å²) in [6.07, 6.45) is 0. The van der Waals surface area contributed by atoms with E-state index in [1.807, 2.05) is 18.2 Å². The number of nitro benzene ring substituents is 1. The molecule has 3 rings (SSSR count). The van der Waals surface area contributed by atoms with E-state index < -0.39 is 14.8 Å². The fourth-order valence-electron chi connectivity index (χ4n) is 2.19. The number of non-ortho nitro benzene ring substituents is 1. The minimum atomic E-state index is -3.75. The number of rotatable bonds is 5. The molecule has 0 N–H and O–H groups in total. The molecule has 0 unspecified atom stereocenters. The van der Waals surface area contributed by atoms with Gasteiger partial charge in [0.05, 0.1) is 14.7 Å². The third-order valence-corrected chi connectivity index (χ3v) is 5.26. The van der Waals surface area contributed by atoms with Crippen LogP contribution in [0.3, 0.4) is 0 Å². The van der Waals surface area contributed by atoms with E-state index in [0.717, 1.165) is 0 Å². The van der Waals surface area contributed by atoms with E-state index >= 15 is 0 Å². The van der Waals surface area contributed by atoms with E-state index in [0.29, 0.717) is 11.5 Å². The fraction of sp³-hybridized carbons (Fsp3) is 0. The molecule has 0 aliphatic rings. The van der Waals surface area contributed by atoms with Crippen LogP contribution < -0.4 is 4.74 Å². The Morgan fingerprint density at radius 1 is 0.720 bits per heavy atom. The highest BCUT2D eigenvalue weighted by Gasteiger charge is 2.19. The largest absolute Gasteiger partial charge is 0.457 e. The highest BCUT2D eigenvalue weighted by atomic mass is 32.2. The molecule has 25 heavy (non-hydrogen) atoms. The Balaban J connectivity index is 1.84.